The van der Waals surface area contributed by atoms with Crippen LogP contribution in [0.5, 0.6) is 5.75 Å². The number of nitrogens with zero attached hydrogens (tertiary/aromatic N) is 3. The topological polar surface area (TPSA) is 108 Å². The quantitative estimate of drug-likeness (QED) is 0.585. The molecule has 31 heavy (non-hydrogen) atoms. The highest BCUT2D eigenvalue weighted by Crippen LogP contribution is 2.25. The molecule has 1 heterocycles. The Bertz CT molecular complexity index is 1140. The number of carbonyl (C=O) groups excluding carboxylic acids is 1. The molecule has 2 aromatic carbocycles. The van der Waals surface area contributed by atoms with Crippen LogP contribution in [0.1, 0.15) is 52.0 Å². The highest BCUT2D eigenvalue weighted by molar-refractivity contribution is 5.97. The third-order valence-electron chi connectivity index (χ3n) is 5.14. The molecule has 0 aliphatic heterocycles. The van der Waals surface area contributed by atoms with Gasteiger partial charge in [-0.1, -0.05) is 24.3 Å². The maximum Gasteiger partial charge on any atom is 0.227 e. The molecule has 0 radical (unpaired) electrons. The fraction of sp³-hybridized carbons (Fsp3) is 0.250. The average Bonchev–Trinajstić information content (AvgIpc) is 2.98. The number of aromatic nitrogens is 2. The molecule has 7 heteroatoms. The standard InChI is InChI=1S/C24H22N4O3/c25-12-18-9-19(11-20(10-18)31-15-17-7-5-16(14-29)6-8-17)27-24-26-13-21-22(28-24)3-1-2-4-23(21)30/h5-11,13,29H,1-4,14-15H2,(H,26,27,28). The molecule has 0 atom stereocenters. The lowest BCUT2D eigenvalue weighted by Gasteiger charge is -2.12. The molecule has 0 fully saturated rings. The van der Waals surface area contributed by atoms with Crippen LogP contribution in [-0.2, 0) is 19.6 Å². The third kappa shape index (κ3) is 5.05. The van der Waals surface area contributed by atoms with Crippen molar-refractivity contribution in [2.24, 2.45) is 0 Å². The number of hydrogen-bond donors (Lipinski definition) is 2. The summed E-state index contributed by atoms with van der Waals surface area (Å²) < 4.78 is 5.87. The molecule has 0 saturated heterocycles. The molecule has 0 spiro atoms. The van der Waals surface area contributed by atoms with Crippen LogP contribution >= 0.6 is 0 Å². The van der Waals surface area contributed by atoms with Crippen molar-refractivity contribution in [2.75, 3.05) is 5.32 Å². The van der Waals surface area contributed by atoms with E-state index >= 15 is 0 Å². The van der Waals surface area contributed by atoms with Crippen molar-refractivity contribution in [2.45, 2.75) is 38.9 Å². The number of rotatable bonds is 6. The van der Waals surface area contributed by atoms with E-state index in [2.05, 4.69) is 21.4 Å². The number of aryl methyl sites for hydroxylation is 1. The monoisotopic (exact) mass is 414 g/mol. The van der Waals surface area contributed by atoms with Crippen molar-refractivity contribution < 1.29 is 14.6 Å². The van der Waals surface area contributed by atoms with Crippen LogP contribution in [0.3, 0.4) is 0 Å². The molecule has 0 unspecified atom stereocenters. The number of nitrogens with one attached hydrogen (secondary N) is 1. The molecule has 1 aliphatic rings. The SMILES string of the molecule is N#Cc1cc(Nc2ncc3c(n2)CCCCC3=O)cc(OCc2ccc(CO)cc2)c1. The zero-order chi connectivity index (χ0) is 21.6. The highest BCUT2D eigenvalue weighted by atomic mass is 16.5. The smallest absolute Gasteiger partial charge is 0.227 e. The fourth-order valence-electron chi connectivity index (χ4n) is 3.47. The molecule has 156 valence electrons. The minimum atomic E-state index is -0.000688. The first-order chi connectivity index (χ1) is 15.1. The summed E-state index contributed by atoms with van der Waals surface area (Å²) in [6.07, 6.45) is 4.67. The van der Waals surface area contributed by atoms with E-state index in [0.717, 1.165) is 36.1 Å². The molecular weight excluding hydrogens is 392 g/mol. The zero-order valence-electron chi connectivity index (χ0n) is 17.0. The van der Waals surface area contributed by atoms with Gasteiger partial charge >= 0.3 is 0 Å². The number of aliphatic hydroxyl groups is 1. The van der Waals surface area contributed by atoms with Gasteiger partial charge in [0.15, 0.2) is 5.78 Å². The van der Waals surface area contributed by atoms with E-state index in [9.17, 15) is 10.1 Å². The van der Waals surface area contributed by atoms with Crippen LogP contribution in [0.15, 0.2) is 48.7 Å². The maximum atomic E-state index is 12.2. The van der Waals surface area contributed by atoms with Gasteiger partial charge in [-0.25, -0.2) is 9.97 Å². The van der Waals surface area contributed by atoms with Gasteiger partial charge < -0.3 is 15.2 Å². The minimum absolute atomic E-state index is 0.000688. The number of nitriles is 1. The summed E-state index contributed by atoms with van der Waals surface area (Å²) in [4.78, 5) is 21.0. The number of ketones is 1. The first-order valence-corrected chi connectivity index (χ1v) is 10.2. The van der Waals surface area contributed by atoms with Gasteiger partial charge in [0.1, 0.15) is 12.4 Å². The van der Waals surface area contributed by atoms with Crippen LogP contribution in [0, 0.1) is 11.3 Å². The Morgan fingerprint density at radius 1 is 1.10 bits per heavy atom. The van der Waals surface area contributed by atoms with Gasteiger partial charge in [-0.2, -0.15) is 5.26 Å². The second-order valence-electron chi connectivity index (χ2n) is 7.43. The molecule has 3 aromatic rings. The van der Waals surface area contributed by atoms with Gasteiger partial charge in [-0.3, -0.25) is 4.79 Å². The van der Waals surface area contributed by atoms with E-state index in [1.54, 1.807) is 24.4 Å². The van der Waals surface area contributed by atoms with Crippen molar-refractivity contribution in [3.05, 3.63) is 76.6 Å². The molecule has 0 saturated carbocycles. The largest absolute Gasteiger partial charge is 0.489 e. The number of hydrogen-bond acceptors (Lipinski definition) is 7. The molecule has 0 amide bonds. The van der Waals surface area contributed by atoms with Crippen LogP contribution in [0.2, 0.25) is 0 Å². The Labute approximate surface area is 180 Å². The summed E-state index contributed by atoms with van der Waals surface area (Å²) in [6.45, 7) is 0.330. The summed E-state index contributed by atoms with van der Waals surface area (Å²) in [6, 6.07) is 14.8. The van der Waals surface area contributed by atoms with E-state index in [1.807, 2.05) is 24.3 Å². The zero-order valence-corrected chi connectivity index (χ0v) is 17.0. The first kappa shape index (κ1) is 20.5. The summed E-state index contributed by atoms with van der Waals surface area (Å²) in [5, 5.41) is 21.7. The number of aliphatic hydroxyl groups excluding tert-OH is 1. The normalized spacial score (nSPS) is 13.1. The Morgan fingerprint density at radius 2 is 1.87 bits per heavy atom. The van der Waals surface area contributed by atoms with Crippen molar-refractivity contribution >= 4 is 17.4 Å². The number of Topliss-reactive ketones (excluding diaryl/α,β-unsaturated/α-hetero) is 1. The molecule has 2 N–H and O–H groups in total. The van der Waals surface area contributed by atoms with Crippen LogP contribution in [0.25, 0.3) is 0 Å². The van der Waals surface area contributed by atoms with E-state index in [1.165, 1.54) is 0 Å². The Kier molecular flexibility index (Phi) is 6.20. The molecular formula is C24H22N4O3. The molecule has 7 nitrogen and oxygen atoms in total. The molecule has 4 rings (SSSR count). The Balaban J connectivity index is 1.51. The van der Waals surface area contributed by atoms with Gasteiger partial charge in [0.05, 0.1) is 29.5 Å². The van der Waals surface area contributed by atoms with E-state index in [-0.39, 0.29) is 12.4 Å². The van der Waals surface area contributed by atoms with Crippen molar-refractivity contribution in [3.8, 4) is 11.8 Å². The highest BCUT2D eigenvalue weighted by Gasteiger charge is 2.18. The van der Waals surface area contributed by atoms with Crippen molar-refractivity contribution in [1.29, 1.82) is 5.26 Å². The van der Waals surface area contributed by atoms with Gasteiger partial charge in [-0.15, -0.1) is 0 Å². The number of anilines is 2. The summed E-state index contributed by atoms with van der Waals surface area (Å²) in [5.74, 6) is 1.01. The average molecular weight is 414 g/mol. The first-order valence-electron chi connectivity index (χ1n) is 10.2. The van der Waals surface area contributed by atoms with Gasteiger partial charge in [0.2, 0.25) is 5.95 Å². The van der Waals surface area contributed by atoms with Crippen LogP contribution in [0.4, 0.5) is 11.6 Å². The molecule has 0 bridgehead atoms. The maximum absolute atomic E-state index is 12.2. The summed E-state index contributed by atoms with van der Waals surface area (Å²) in [5.41, 5.74) is 4.23. The lowest BCUT2D eigenvalue weighted by molar-refractivity contribution is 0.0981. The fourth-order valence-corrected chi connectivity index (χ4v) is 3.47. The second-order valence-corrected chi connectivity index (χ2v) is 7.43. The molecule has 1 aromatic heterocycles. The number of fused-ring (bicyclic) bond motifs is 1. The van der Waals surface area contributed by atoms with E-state index in [4.69, 9.17) is 9.84 Å². The van der Waals surface area contributed by atoms with Crippen molar-refractivity contribution in [3.63, 3.8) is 0 Å². The number of ether oxygens (including phenoxy) is 1. The lowest BCUT2D eigenvalue weighted by Crippen LogP contribution is -2.07. The number of carbonyl (C=O) groups is 1. The van der Waals surface area contributed by atoms with Gasteiger partial charge in [-0.05, 0) is 42.5 Å². The third-order valence-corrected chi connectivity index (χ3v) is 5.14. The van der Waals surface area contributed by atoms with Gasteiger partial charge in [0, 0.05) is 24.4 Å². The van der Waals surface area contributed by atoms with Crippen LogP contribution in [-0.4, -0.2) is 20.9 Å². The Morgan fingerprint density at radius 3 is 2.65 bits per heavy atom. The van der Waals surface area contributed by atoms with Crippen LogP contribution < -0.4 is 10.1 Å². The van der Waals surface area contributed by atoms with Gasteiger partial charge in [0.25, 0.3) is 0 Å². The van der Waals surface area contributed by atoms with E-state index in [0.29, 0.717) is 41.5 Å². The minimum Gasteiger partial charge on any atom is -0.489 e. The van der Waals surface area contributed by atoms with Crippen molar-refractivity contribution in [1.82, 2.24) is 9.97 Å². The summed E-state index contributed by atoms with van der Waals surface area (Å²) >= 11 is 0. The van der Waals surface area contributed by atoms with E-state index < -0.39 is 0 Å². The summed E-state index contributed by atoms with van der Waals surface area (Å²) in [7, 11) is 0. The Hall–Kier alpha value is -3.76. The molecule has 1 aliphatic carbocycles. The number of benzene rings is 2. The predicted octanol–water partition coefficient (Wildman–Crippen LogP) is 4.07. The lowest BCUT2D eigenvalue weighted by atomic mass is 10.1. The predicted molar refractivity (Wildman–Crippen MR) is 115 cm³/mol. The second kappa shape index (κ2) is 9.37.